The van der Waals surface area contributed by atoms with Crippen molar-refractivity contribution in [1.29, 1.82) is 5.26 Å². The minimum atomic E-state index is -4.02. The number of hydrogen-bond acceptors (Lipinski definition) is 4. The van der Waals surface area contributed by atoms with Crippen molar-refractivity contribution in [2.75, 3.05) is 0 Å². The lowest BCUT2D eigenvalue weighted by atomic mass is 10.0. The summed E-state index contributed by atoms with van der Waals surface area (Å²) in [5, 5.41) is 13.9. The molecule has 0 spiro atoms. The topological polar surface area (TPSA) is 73.5 Å². The average Bonchev–Trinajstić information content (AvgIpc) is 2.71. The van der Waals surface area contributed by atoms with E-state index in [0.717, 1.165) is 4.41 Å². The normalized spacial score (nSPS) is 14.7. The number of sulfonamides is 1. The van der Waals surface area contributed by atoms with Crippen LogP contribution in [0.25, 0.3) is 0 Å². The third kappa shape index (κ3) is 3.37. The van der Waals surface area contributed by atoms with Crippen LogP contribution in [0.15, 0.2) is 76.7 Å². The number of benzene rings is 3. The minimum absolute atomic E-state index is 0.0235. The summed E-state index contributed by atoms with van der Waals surface area (Å²) in [4.78, 5) is -0.0235. The summed E-state index contributed by atoms with van der Waals surface area (Å²) in [7, 11) is -4.02. The second kappa shape index (κ2) is 7.32. The van der Waals surface area contributed by atoms with Crippen molar-refractivity contribution in [3.63, 3.8) is 0 Å². The molecular weight excluding hydrogens is 413 g/mol. The number of nitriles is 1. The first-order valence-corrected chi connectivity index (χ1v) is 10.4. The first-order chi connectivity index (χ1) is 13.9. The molecule has 0 saturated heterocycles. The largest absolute Gasteiger partial charge is 0.280 e. The molecule has 0 aliphatic carbocycles. The molecule has 8 heteroatoms. The van der Waals surface area contributed by atoms with Gasteiger partial charge in [-0.05, 0) is 42.0 Å². The monoisotopic (exact) mass is 425 g/mol. The van der Waals surface area contributed by atoms with Crippen LogP contribution >= 0.6 is 11.6 Å². The molecule has 0 saturated carbocycles. The summed E-state index contributed by atoms with van der Waals surface area (Å²) in [5.41, 5.74) is 1.38. The highest BCUT2D eigenvalue weighted by Crippen LogP contribution is 2.32. The van der Waals surface area contributed by atoms with Crippen LogP contribution in [0.3, 0.4) is 0 Å². The van der Waals surface area contributed by atoms with Crippen LogP contribution in [-0.4, -0.2) is 18.5 Å². The third-order valence-corrected chi connectivity index (χ3v) is 6.45. The number of hydrogen-bond donors (Lipinski definition) is 0. The SMILES string of the molecule is N#Cc1ccccc1CN1N=C(c2ccccc2F)c2cc(Cl)ccc2S1(=O)=O. The van der Waals surface area contributed by atoms with Gasteiger partial charge in [-0.25, -0.2) is 4.39 Å². The zero-order valence-electron chi connectivity index (χ0n) is 14.9. The molecule has 0 radical (unpaired) electrons. The van der Waals surface area contributed by atoms with Gasteiger partial charge in [-0.1, -0.05) is 41.9 Å². The lowest BCUT2D eigenvalue weighted by Crippen LogP contribution is -2.33. The summed E-state index contributed by atoms with van der Waals surface area (Å²) in [6, 6.07) is 19.0. The van der Waals surface area contributed by atoms with Crippen LogP contribution in [0, 0.1) is 17.1 Å². The van der Waals surface area contributed by atoms with Crippen molar-refractivity contribution < 1.29 is 12.8 Å². The van der Waals surface area contributed by atoms with Gasteiger partial charge in [0.25, 0.3) is 10.0 Å². The fourth-order valence-corrected chi connectivity index (χ4v) is 4.70. The molecule has 0 atom stereocenters. The summed E-state index contributed by atoms with van der Waals surface area (Å²) < 4.78 is 41.8. The Hall–Kier alpha value is -3.21. The van der Waals surface area contributed by atoms with E-state index >= 15 is 0 Å². The number of nitrogens with zero attached hydrogens (tertiary/aromatic N) is 3. The van der Waals surface area contributed by atoms with Crippen molar-refractivity contribution in [3.8, 4) is 6.07 Å². The van der Waals surface area contributed by atoms with E-state index in [1.807, 2.05) is 6.07 Å². The standard InChI is InChI=1S/C21H13ClFN3O2S/c22-16-9-10-20-18(11-16)21(17-7-3-4-8-19(17)23)25-26(29(20,27)28)13-15-6-2-1-5-14(15)12-24/h1-11H,13H2. The molecule has 0 fully saturated rings. The van der Waals surface area contributed by atoms with Crippen LogP contribution in [0.1, 0.15) is 22.3 Å². The van der Waals surface area contributed by atoms with E-state index in [9.17, 15) is 18.1 Å². The zero-order chi connectivity index (χ0) is 20.6. The van der Waals surface area contributed by atoms with Gasteiger partial charge in [-0.2, -0.15) is 23.2 Å². The molecule has 0 unspecified atom stereocenters. The van der Waals surface area contributed by atoms with Crippen molar-refractivity contribution >= 4 is 27.3 Å². The molecule has 0 N–H and O–H groups in total. The first-order valence-electron chi connectivity index (χ1n) is 8.56. The van der Waals surface area contributed by atoms with Gasteiger partial charge in [0.15, 0.2) is 0 Å². The highest BCUT2D eigenvalue weighted by Gasteiger charge is 2.34. The highest BCUT2D eigenvalue weighted by molar-refractivity contribution is 7.89. The van der Waals surface area contributed by atoms with Gasteiger partial charge in [-0.3, -0.25) is 0 Å². The van der Waals surface area contributed by atoms with E-state index in [1.54, 1.807) is 36.4 Å². The summed E-state index contributed by atoms with van der Waals surface area (Å²) in [5.74, 6) is -0.533. The molecule has 0 amide bonds. The van der Waals surface area contributed by atoms with Crippen molar-refractivity contribution in [3.05, 3.63) is 99.8 Å². The molecule has 1 aliphatic rings. The number of hydrazone groups is 1. The van der Waals surface area contributed by atoms with Crippen LogP contribution < -0.4 is 0 Å². The molecule has 3 aromatic carbocycles. The number of halogens is 2. The predicted molar refractivity (Wildman–Crippen MR) is 107 cm³/mol. The Balaban J connectivity index is 1.93. The summed E-state index contributed by atoms with van der Waals surface area (Å²) in [6.45, 7) is -0.161. The quantitative estimate of drug-likeness (QED) is 0.627. The smallest absolute Gasteiger partial charge is 0.206 e. The molecule has 0 bridgehead atoms. The Bertz CT molecular complexity index is 1300. The van der Waals surface area contributed by atoms with Crippen molar-refractivity contribution in [2.45, 2.75) is 11.4 Å². The maximum absolute atomic E-state index is 14.5. The maximum atomic E-state index is 14.5. The second-order valence-corrected chi connectivity index (χ2v) is 8.57. The minimum Gasteiger partial charge on any atom is -0.206 e. The Labute approximate surface area is 172 Å². The number of fused-ring (bicyclic) bond motifs is 1. The Morgan fingerprint density at radius 2 is 1.76 bits per heavy atom. The van der Waals surface area contributed by atoms with Crippen molar-refractivity contribution in [1.82, 2.24) is 4.41 Å². The molecule has 3 aromatic rings. The molecule has 144 valence electrons. The van der Waals surface area contributed by atoms with Gasteiger partial charge >= 0.3 is 0 Å². The molecule has 4 rings (SSSR count). The van der Waals surface area contributed by atoms with E-state index < -0.39 is 15.8 Å². The van der Waals surface area contributed by atoms with Crippen LogP contribution in [-0.2, 0) is 16.6 Å². The highest BCUT2D eigenvalue weighted by atomic mass is 35.5. The van der Waals surface area contributed by atoms with E-state index in [-0.39, 0.29) is 28.3 Å². The van der Waals surface area contributed by atoms with Crippen LogP contribution in [0.5, 0.6) is 0 Å². The fourth-order valence-electron chi connectivity index (χ4n) is 3.13. The molecule has 5 nitrogen and oxygen atoms in total. The van der Waals surface area contributed by atoms with Crippen molar-refractivity contribution in [2.24, 2.45) is 5.10 Å². The van der Waals surface area contributed by atoms with E-state index in [2.05, 4.69) is 5.10 Å². The Morgan fingerprint density at radius 3 is 2.52 bits per heavy atom. The summed E-state index contributed by atoms with van der Waals surface area (Å²) in [6.07, 6.45) is 0. The Kier molecular flexibility index (Phi) is 4.82. The fraction of sp³-hybridized carbons (Fsp3) is 0.0476. The molecule has 29 heavy (non-hydrogen) atoms. The van der Waals surface area contributed by atoms with Gasteiger partial charge in [0.2, 0.25) is 0 Å². The van der Waals surface area contributed by atoms with E-state index in [4.69, 9.17) is 11.6 Å². The zero-order valence-corrected chi connectivity index (χ0v) is 16.5. The van der Waals surface area contributed by atoms with E-state index in [1.165, 1.54) is 30.3 Å². The summed E-state index contributed by atoms with van der Waals surface area (Å²) >= 11 is 6.07. The van der Waals surface area contributed by atoms with Gasteiger partial charge < -0.3 is 0 Å². The third-order valence-electron chi connectivity index (χ3n) is 4.54. The molecule has 1 aliphatic heterocycles. The van der Waals surface area contributed by atoms with Gasteiger partial charge in [0.05, 0.1) is 23.1 Å². The van der Waals surface area contributed by atoms with Gasteiger partial charge in [0.1, 0.15) is 11.5 Å². The van der Waals surface area contributed by atoms with Crippen LogP contribution in [0.4, 0.5) is 4.39 Å². The Morgan fingerprint density at radius 1 is 1.03 bits per heavy atom. The molecule has 0 aromatic heterocycles. The van der Waals surface area contributed by atoms with Gasteiger partial charge in [-0.15, -0.1) is 0 Å². The lowest BCUT2D eigenvalue weighted by Gasteiger charge is -2.27. The maximum Gasteiger partial charge on any atom is 0.280 e. The number of rotatable bonds is 3. The van der Waals surface area contributed by atoms with Gasteiger partial charge in [0, 0.05) is 16.1 Å². The predicted octanol–water partition coefficient (Wildman–Crippen LogP) is 4.31. The molecule has 1 heterocycles. The first kappa shape index (κ1) is 19.1. The lowest BCUT2D eigenvalue weighted by molar-refractivity contribution is 0.421. The van der Waals surface area contributed by atoms with Crippen LogP contribution in [0.2, 0.25) is 5.02 Å². The molecular formula is C21H13ClFN3O2S. The second-order valence-electron chi connectivity index (χ2n) is 6.32. The average molecular weight is 426 g/mol. The van der Waals surface area contributed by atoms with E-state index in [0.29, 0.717) is 16.1 Å².